The molecule has 0 aliphatic carbocycles. The molecule has 0 atom stereocenters. The van der Waals surface area contributed by atoms with E-state index in [1.165, 1.54) is 10.5 Å². The Morgan fingerprint density at radius 1 is 1.03 bits per heavy atom. The van der Waals surface area contributed by atoms with E-state index in [4.69, 9.17) is 4.74 Å². The first-order valence-corrected chi connectivity index (χ1v) is 11.9. The first-order valence-electron chi connectivity index (χ1n) is 10.5. The van der Waals surface area contributed by atoms with Crippen molar-refractivity contribution in [2.24, 2.45) is 0 Å². The Balaban J connectivity index is 1.44. The summed E-state index contributed by atoms with van der Waals surface area (Å²) in [7, 11) is -3.51. The summed E-state index contributed by atoms with van der Waals surface area (Å²) in [5.74, 6) is 0.0457. The van der Waals surface area contributed by atoms with Crippen molar-refractivity contribution >= 4 is 21.8 Å². The summed E-state index contributed by atoms with van der Waals surface area (Å²) in [4.78, 5) is 22.6. The van der Waals surface area contributed by atoms with Crippen LogP contribution in [0.2, 0.25) is 0 Å². The van der Waals surface area contributed by atoms with Crippen LogP contribution < -0.4 is 4.90 Å². The van der Waals surface area contributed by atoms with Gasteiger partial charge in [0.05, 0.1) is 18.1 Å². The van der Waals surface area contributed by atoms with Crippen molar-refractivity contribution in [3.8, 4) is 0 Å². The lowest BCUT2D eigenvalue weighted by Crippen LogP contribution is -2.40. The van der Waals surface area contributed by atoms with Crippen molar-refractivity contribution < 1.29 is 23.1 Å². The van der Waals surface area contributed by atoms with E-state index in [1.54, 1.807) is 24.3 Å². The second-order valence-corrected chi connectivity index (χ2v) is 9.62. The van der Waals surface area contributed by atoms with Gasteiger partial charge in [0.25, 0.3) is 0 Å². The topological polar surface area (TPSA) is 113 Å². The van der Waals surface area contributed by atoms with Crippen LogP contribution in [0.15, 0.2) is 35.4 Å². The van der Waals surface area contributed by atoms with Gasteiger partial charge in [-0.3, -0.25) is 0 Å². The van der Waals surface area contributed by atoms with Crippen molar-refractivity contribution in [3.05, 3.63) is 47.4 Å². The van der Waals surface area contributed by atoms with Gasteiger partial charge in [0, 0.05) is 38.8 Å². The van der Waals surface area contributed by atoms with E-state index in [1.807, 2.05) is 4.90 Å². The molecule has 0 spiro atoms. The molecule has 31 heavy (non-hydrogen) atoms. The number of carbonyl (C=O) groups is 1. The van der Waals surface area contributed by atoms with E-state index in [0.29, 0.717) is 50.8 Å². The van der Waals surface area contributed by atoms with Crippen LogP contribution in [0.3, 0.4) is 0 Å². The average molecular weight is 447 g/mol. The summed E-state index contributed by atoms with van der Waals surface area (Å²) >= 11 is 0. The molecule has 0 bridgehead atoms. The molecule has 0 radical (unpaired) electrons. The van der Waals surface area contributed by atoms with E-state index in [2.05, 4.69) is 9.97 Å². The molecule has 1 N–H and O–H groups in total. The van der Waals surface area contributed by atoms with Crippen molar-refractivity contribution in [1.82, 2.24) is 14.3 Å². The maximum Gasteiger partial charge on any atom is 0.341 e. The van der Waals surface area contributed by atoms with Crippen LogP contribution in [0.25, 0.3) is 0 Å². The highest BCUT2D eigenvalue weighted by Gasteiger charge is 2.26. The lowest BCUT2D eigenvalue weighted by molar-refractivity contribution is 0.0696. The fourth-order valence-corrected chi connectivity index (χ4v) is 5.28. The molecule has 2 saturated heterocycles. The van der Waals surface area contributed by atoms with Crippen LogP contribution in [0, 0.1) is 0 Å². The Hall–Kier alpha value is -2.56. The number of aryl methyl sites for hydroxylation is 2. The Morgan fingerprint density at radius 3 is 2.35 bits per heavy atom. The minimum Gasteiger partial charge on any atom is -0.477 e. The fourth-order valence-electron chi connectivity index (χ4n) is 3.87. The predicted molar refractivity (Wildman–Crippen MR) is 114 cm³/mol. The van der Waals surface area contributed by atoms with Crippen molar-refractivity contribution in [3.63, 3.8) is 0 Å². The van der Waals surface area contributed by atoms with Crippen LogP contribution >= 0.6 is 0 Å². The lowest BCUT2D eigenvalue weighted by atomic mass is 10.1. The smallest absolute Gasteiger partial charge is 0.341 e. The molecule has 4 rings (SSSR count). The first-order chi connectivity index (χ1) is 14.9. The maximum atomic E-state index is 12.7. The van der Waals surface area contributed by atoms with Gasteiger partial charge in [0.2, 0.25) is 10.0 Å². The molecule has 2 aromatic rings. The number of ether oxygens (including phenoxy) is 1. The number of carboxylic acids is 1. The number of benzene rings is 1. The summed E-state index contributed by atoms with van der Waals surface area (Å²) in [6.45, 7) is 3.17. The van der Waals surface area contributed by atoms with Crippen LogP contribution in [0.4, 0.5) is 5.82 Å². The Labute approximate surface area is 181 Å². The van der Waals surface area contributed by atoms with Gasteiger partial charge >= 0.3 is 5.97 Å². The molecule has 1 aromatic carbocycles. The number of anilines is 1. The molecule has 1 aromatic heterocycles. The number of sulfonamides is 1. The third kappa shape index (κ3) is 4.86. The first kappa shape index (κ1) is 21.7. The zero-order valence-electron chi connectivity index (χ0n) is 17.2. The van der Waals surface area contributed by atoms with Gasteiger partial charge in [-0.1, -0.05) is 12.1 Å². The predicted octanol–water partition coefficient (Wildman–Crippen LogP) is 1.58. The second-order valence-electron chi connectivity index (χ2n) is 7.68. The number of morpholine rings is 1. The zero-order chi connectivity index (χ0) is 21.8. The maximum absolute atomic E-state index is 12.7. The number of aromatic carboxylic acids is 1. The highest BCUT2D eigenvalue weighted by atomic mass is 32.2. The van der Waals surface area contributed by atoms with Gasteiger partial charge in [-0.2, -0.15) is 4.31 Å². The summed E-state index contributed by atoms with van der Waals surface area (Å²) < 4.78 is 32.1. The summed E-state index contributed by atoms with van der Waals surface area (Å²) in [6, 6.07) is 6.87. The normalized spacial score (nSPS) is 17.7. The van der Waals surface area contributed by atoms with Gasteiger partial charge < -0.3 is 14.7 Å². The molecule has 0 saturated carbocycles. The van der Waals surface area contributed by atoms with Crippen molar-refractivity contribution in [2.45, 2.75) is 30.6 Å². The number of nitrogens with zero attached hydrogens (tertiary/aromatic N) is 4. The zero-order valence-corrected chi connectivity index (χ0v) is 18.1. The minimum atomic E-state index is -3.51. The van der Waals surface area contributed by atoms with Crippen LogP contribution in [0.1, 0.15) is 34.6 Å². The highest BCUT2D eigenvalue weighted by Crippen LogP contribution is 2.23. The number of hydrogen-bond acceptors (Lipinski definition) is 7. The minimum absolute atomic E-state index is 0.128. The van der Waals surface area contributed by atoms with E-state index in [9.17, 15) is 18.3 Å². The molecule has 3 heterocycles. The lowest BCUT2D eigenvalue weighted by Gasteiger charge is -2.26. The number of carboxylic acid groups (broad SMARTS) is 1. The number of hydrogen-bond donors (Lipinski definition) is 1. The van der Waals surface area contributed by atoms with Crippen molar-refractivity contribution in [1.29, 1.82) is 0 Å². The monoisotopic (exact) mass is 446 g/mol. The van der Waals surface area contributed by atoms with Gasteiger partial charge in [-0.05, 0) is 37.0 Å². The standard InChI is InChI=1S/C21H26N4O5S/c26-21(27)18-15-22-19(23-20(18)24-9-1-2-10-24)8-5-16-3-6-17(7-4-16)31(28,29)25-11-13-30-14-12-25/h3-4,6-7,15H,1-2,5,8-14H2,(H,26,27). The SMILES string of the molecule is O=C(O)c1cnc(CCc2ccc(S(=O)(=O)N3CCOCC3)cc2)nc1N1CCCC1. The molecule has 2 aliphatic heterocycles. The van der Waals surface area contributed by atoms with Crippen LogP contribution in [0.5, 0.6) is 0 Å². The summed E-state index contributed by atoms with van der Waals surface area (Å²) in [5, 5.41) is 9.44. The van der Waals surface area contributed by atoms with E-state index < -0.39 is 16.0 Å². The molecule has 0 unspecified atom stereocenters. The van der Waals surface area contributed by atoms with Gasteiger partial charge in [-0.15, -0.1) is 0 Å². The fraction of sp³-hybridized carbons (Fsp3) is 0.476. The summed E-state index contributed by atoms with van der Waals surface area (Å²) in [6.07, 6.45) is 4.60. The molecule has 10 heteroatoms. The average Bonchev–Trinajstić information content (AvgIpc) is 3.33. The Morgan fingerprint density at radius 2 is 1.71 bits per heavy atom. The quantitative estimate of drug-likeness (QED) is 0.682. The molecular weight excluding hydrogens is 420 g/mol. The van der Waals surface area contributed by atoms with Crippen LogP contribution in [-0.2, 0) is 27.6 Å². The summed E-state index contributed by atoms with van der Waals surface area (Å²) in [5.41, 5.74) is 1.10. The second kappa shape index (κ2) is 9.29. The molecule has 2 aliphatic rings. The number of aromatic nitrogens is 2. The molecule has 166 valence electrons. The molecule has 9 nitrogen and oxygen atoms in total. The third-order valence-corrected chi connectivity index (χ3v) is 7.54. The van der Waals surface area contributed by atoms with E-state index in [-0.39, 0.29) is 10.5 Å². The molecular formula is C21H26N4O5S. The van der Waals surface area contributed by atoms with E-state index in [0.717, 1.165) is 31.5 Å². The van der Waals surface area contributed by atoms with Gasteiger partial charge in [0.1, 0.15) is 17.2 Å². The highest BCUT2D eigenvalue weighted by molar-refractivity contribution is 7.89. The van der Waals surface area contributed by atoms with Gasteiger partial charge in [-0.25, -0.2) is 23.2 Å². The Kier molecular flexibility index (Phi) is 6.49. The molecule has 2 fully saturated rings. The van der Waals surface area contributed by atoms with Gasteiger partial charge in [0.15, 0.2) is 0 Å². The largest absolute Gasteiger partial charge is 0.477 e. The van der Waals surface area contributed by atoms with Crippen molar-refractivity contribution in [2.75, 3.05) is 44.3 Å². The molecule has 0 amide bonds. The number of rotatable bonds is 7. The third-order valence-electron chi connectivity index (χ3n) is 5.62. The van der Waals surface area contributed by atoms with E-state index >= 15 is 0 Å². The Bertz CT molecular complexity index is 1030. The van der Waals surface area contributed by atoms with Crippen LogP contribution in [-0.4, -0.2) is 73.2 Å².